The molecule has 0 saturated heterocycles. The molecular weight excluding hydrogens is 212 g/mol. The van der Waals surface area contributed by atoms with Gasteiger partial charge in [0.05, 0.1) is 0 Å². The maximum atomic E-state index is 5.97. The van der Waals surface area contributed by atoms with Gasteiger partial charge < -0.3 is 10.2 Å². The van der Waals surface area contributed by atoms with Crippen LogP contribution in [0.1, 0.15) is 48.6 Å². The molecule has 2 aromatic rings. The van der Waals surface area contributed by atoms with Crippen LogP contribution < -0.4 is 5.73 Å². The Morgan fingerprint density at radius 1 is 1.24 bits per heavy atom. The maximum absolute atomic E-state index is 5.97. The van der Waals surface area contributed by atoms with Crippen molar-refractivity contribution in [1.29, 1.82) is 0 Å². The minimum atomic E-state index is 0.517. The molecule has 1 aliphatic rings. The molecule has 0 unspecified atom stereocenters. The average molecular weight is 230 g/mol. The van der Waals surface area contributed by atoms with Crippen molar-refractivity contribution in [2.75, 3.05) is 5.73 Å². The van der Waals surface area contributed by atoms with Gasteiger partial charge in [-0.05, 0) is 43.9 Å². The molecule has 0 amide bonds. The summed E-state index contributed by atoms with van der Waals surface area (Å²) in [5.41, 5.74) is 10.8. The van der Waals surface area contributed by atoms with Crippen LogP contribution in [-0.2, 0) is 0 Å². The lowest BCUT2D eigenvalue weighted by Crippen LogP contribution is -1.92. The first-order chi connectivity index (χ1) is 8.16. The highest BCUT2D eigenvalue weighted by atomic mass is 16.3. The lowest BCUT2D eigenvalue weighted by Gasteiger charge is -2.03. The second-order valence-corrected chi connectivity index (χ2v) is 5.10. The summed E-state index contributed by atoms with van der Waals surface area (Å²) in [7, 11) is 0. The van der Waals surface area contributed by atoms with E-state index in [1.165, 1.54) is 25.7 Å². The molecule has 0 radical (unpaired) electrons. The molecule has 3 nitrogen and oxygen atoms in total. The summed E-state index contributed by atoms with van der Waals surface area (Å²) in [6.45, 7) is 4.08. The van der Waals surface area contributed by atoms with E-state index in [1.807, 2.05) is 13.0 Å². The van der Waals surface area contributed by atoms with Gasteiger partial charge in [-0.15, -0.1) is 0 Å². The van der Waals surface area contributed by atoms with Gasteiger partial charge in [-0.2, -0.15) is 0 Å². The first-order valence-electron chi connectivity index (χ1n) is 6.33. The number of fused-ring (bicyclic) bond motifs is 1. The predicted octanol–water partition coefficient (Wildman–Crippen LogP) is 3.68. The van der Waals surface area contributed by atoms with Crippen molar-refractivity contribution in [3.63, 3.8) is 0 Å². The Labute approximate surface area is 101 Å². The van der Waals surface area contributed by atoms with Crippen molar-refractivity contribution in [2.45, 2.75) is 45.4 Å². The molecule has 1 aromatic carbocycles. The largest absolute Gasteiger partial charge is 0.440 e. The van der Waals surface area contributed by atoms with Gasteiger partial charge in [-0.1, -0.05) is 12.8 Å². The fraction of sp³-hybridized carbons (Fsp3) is 0.500. The van der Waals surface area contributed by atoms with Crippen LogP contribution in [0.3, 0.4) is 0 Å². The number of rotatable bonds is 1. The molecule has 1 aromatic heterocycles. The number of anilines is 1. The summed E-state index contributed by atoms with van der Waals surface area (Å²) >= 11 is 0. The Kier molecular flexibility index (Phi) is 2.35. The summed E-state index contributed by atoms with van der Waals surface area (Å²) in [5, 5.41) is 0. The topological polar surface area (TPSA) is 52.0 Å². The van der Waals surface area contributed by atoms with E-state index in [1.54, 1.807) is 0 Å². The second-order valence-electron chi connectivity index (χ2n) is 5.10. The van der Waals surface area contributed by atoms with Crippen LogP contribution in [0.25, 0.3) is 11.1 Å². The zero-order valence-electron chi connectivity index (χ0n) is 10.4. The third-order valence-corrected chi connectivity index (χ3v) is 4.00. The van der Waals surface area contributed by atoms with Crippen LogP contribution >= 0.6 is 0 Å². The lowest BCUT2D eigenvalue weighted by atomic mass is 10.1. The number of nitrogen functional groups attached to an aromatic ring is 1. The smallest absolute Gasteiger partial charge is 0.198 e. The minimum Gasteiger partial charge on any atom is -0.440 e. The molecule has 17 heavy (non-hydrogen) atoms. The predicted molar refractivity (Wildman–Crippen MR) is 69.1 cm³/mol. The van der Waals surface area contributed by atoms with Gasteiger partial charge in [-0.25, -0.2) is 4.98 Å². The molecule has 3 heteroatoms. The Morgan fingerprint density at radius 3 is 2.65 bits per heavy atom. The van der Waals surface area contributed by atoms with Gasteiger partial charge in [0.15, 0.2) is 11.5 Å². The monoisotopic (exact) mass is 230 g/mol. The highest BCUT2D eigenvalue weighted by Gasteiger charge is 2.23. The maximum Gasteiger partial charge on any atom is 0.198 e. The molecule has 1 saturated carbocycles. The summed E-state index contributed by atoms with van der Waals surface area (Å²) in [6.07, 6.45) is 5.01. The molecule has 0 spiro atoms. The molecule has 1 fully saturated rings. The van der Waals surface area contributed by atoms with E-state index < -0.39 is 0 Å². The zero-order chi connectivity index (χ0) is 12.0. The summed E-state index contributed by atoms with van der Waals surface area (Å²) in [6, 6.07) is 1.93. The van der Waals surface area contributed by atoms with Crippen molar-refractivity contribution >= 4 is 16.8 Å². The standard InChI is InChI=1S/C14H18N2O/c1-8-9(2)13-12(7-11(8)15)16-14(17-13)10-5-3-4-6-10/h7,10H,3-6,15H2,1-2H3. The van der Waals surface area contributed by atoms with Crippen LogP contribution in [0.2, 0.25) is 0 Å². The molecule has 1 aliphatic carbocycles. The van der Waals surface area contributed by atoms with Gasteiger partial charge in [0.2, 0.25) is 0 Å². The molecular formula is C14H18N2O. The number of aromatic nitrogens is 1. The van der Waals surface area contributed by atoms with Gasteiger partial charge in [0, 0.05) is 11.6 Å². The zero-order valence-corrected chi connectivity index (χ0v) is 10.4. The number of oxazole rings is 1. The van der Waals surface area contributed by atoms with Crippen molar-refractivity contribution in [3.05, 3.63) is 23.1 Å². The number of nitrogens with zero attached hydrogens (tertiary/aromatic N) is 1. The lowest BCUT2D eigenvalue weighted by molar-refractivity contribution is 0.473. The van der Waals surface area contributed by atoms with Crippen LogP contribution in [0.15, 0.2) is 10.5 Å². The third-order valence-electron chi connectivity index (χ3n) is 4.00. The number of hydrogen-bond acceptors (Lipinski definition) is 3. The summed E-state index contributed by atoms with van der Waals surface area (Å²) in [4.78, 5) is 4.61. The van der Waals surface area contributed by atoms with E-state index in [0.29, 0.717) is 5.92 Å². The first kappa shape index (κ1) is 10.6. The van der Waals surface area contributed by atoms with Gasteiger partial charge in [-0.3, -0.25) is 0 Å². The van der Waals surface area contributed by atoms with E-state index >= 15 is 0 Å². The Balaban J connectivity index is 2.15. The first-order valence-corrected chi connectivity index (χ1v) is 6.33. The van der Waals surface area contributed by atoms with E-state index in [4.69, 9.17) is 10.2 Å². The molecule has 3 rings (SSSR count). The molecule has 0 aliphatic heterocycles. The molecule has 90 valence electrons. The van der Waals surface area contributed by atoms with Crippen LogP contribution in [0.4, 0.5) is 5.69 Å². The number of benzene rings is 1. The van der Waals surface area contributed by atoms with Crippen LogP contribution in [0.5, 0.6) is 0 Å². The fourth-order valence-corrected chi connectivity index (χ4v) is 2.71. The average Bonchev–Trinajstić information content (AvgIpc) is 2.93. The third kappa shape index (κ3) is 1.61. The molecule has 2 N–H and O–H groups in total. The van der Waals surface area contributed by atoms with E-state index in [9.17, 15) is 0 Å². The summed E-state index contributed by atoms with van der Waals surface area (Å²) in [5.74, 6) is 1.42. The van der Waals surface area contributed by atoms with Crippen molar-refractivity contribution in [1.82, 2.24) is 4.98 Å². The molecule has 0 atom stereocenters. The Hall–Kier alpha value is -1.51. The van der Waals surface area contributed by atoms with E-state index in [0.717, 1.165) is 33.8 Å². The summed E-state index contributed by atoms with van der Waals surface area (Å²) < 4.78 is 5.95. The number of nitrogens with two attached hydrogens (primary N) is 1. The van der Waals surface area contributed by atoms with Crippen molar-refractivity contribution < 1.29 is 4.42 Å². The van der Waals surface area contributed by atoms with Crippen molar-refractivity contribution in [3.8, 4) is 0 Å². The van der Waals surface area contributed by atoms with Crippen LogP contribution in [-0.4, -0.2) is 4.98 Å². The van der Waals surface area contributed by atoms with Gasteiger partial charge in [0.25, 0.3) is 0 Å². The Bertz CT molecular complexity index is 565. The minimum absolute atomic E-state index is 0.517. The van der Waals surface area contributed by atoms with E-state index in [-0.39, 0.29) is 0 Å². The van der Waals surface area contributed by atoms with Crippen LogP contribution in [0, 0.1) is 13.8 Å². The molecule has 1 heterocycles. The van der Waals surface area contributed by atoms with E-state index in [2.05, 4.69) is 11.9 Å². The highest BCUT2D eigenvalue weighted by Crippen LogP contribution is 2.36. The number of hydrogen-bond donors (Lipinski definition) is 1. The van der Waals surface area contributed by atoms with Gasteiger partial charge in [0.1, 0.15) is 5.52 Å². The van der Waals surface area contributed by atoms with Gasteiger partial charge >= 0.3 is 0 Å². The van der Waals surface area contributed by atoms with Crippen molar-refractivity contribution in [2.24, 2.45) is 0 Å². The quantitative estimate of drug-likeness (QED) is 0.760. The molecule has 0 bridgehead atoms. The fourth-order valence-electron chi connectivity index (χ4n) is 2.71. The number of aryl methyl sites for hydroxylation is 1. The Morgan fingerprint density at radius 2 is 1.94 bits per heavy atom. The second kappa shape index (κ2) is 3.76. The SMILES string of the molecule is Cc1c(N)cc2nc(C3CCCC3)oc2c1C. The highest BCUT2D eigenvalue weighted by molar-refractivity contribution is 5.82. The normalized spacial score (nSPS) is 17.1.